The van der Waals surface area contributed by atoms with E-state index in [1.807, 2.05) is 0 Å². The van der Waals surface area contributed by atoms with Crippen LogP contribution >= 0.6 is 12.2 Å². The smallest absolute Gasteiger partial charge is 0.241 e. The summed E-state index contributed by atoms with van der Waals surface area (Å²) in [5.41, 5.74) is 4.98. The zero-order chi connectivity index (χ0) is 13.2. The number of hydrogen-bond donors (Lipinski definition) is 2. The minimum Gasteiger partial charge on any atom is -0.392 e. The number of sulfonamides is 1. The summed E-state index contributed by atoms with van der Waals surface area (Å²) in [7, 11) is -3.56. The predicted molar refractivity (Wildman–Crippen MR) is 74.7 cm³/mol. The normalized spacial score (nSPS) is 18.7. The number of nitrogens with one attached hydrogen (secondary N) is 1. The van der Waals surface area contributed by atoms with Gasteiger partial charge in [-0.3, -0.25) is 0 Å². The van der Waals surface area contributed by atoms with E-state index in [1.54, 1.807) is 30.3 Å². The van der Waals surface area contributed by atoms with Crippen LogP contribution in [0.15, 0.2) is 35.2 Å². The van der Waals surface area contributed by atoms with Crippen molar-refractivity contribution in [1.29, 1.82) is 0 Å². The van der Waals surface area contributed by atoms with E-state index >= 15 is 0 Å². The van der Waals surface area contributed by atoms with Gasteiger partial charge in [-0.25, -0.2) is 8.42 Å². The molecule has 1 aromatic carbocycles. The van der Waals surface area contributed by atoms with Crippen molar-refractivity contribution in [2.45, 2.75) is 36.1 Å². The molecule has 1 saturated carbocycles. The van der Waals surface area contributed by atoms with Gasteiger partial charge < -0.3 is 5.73 Å². The van der Waals surface area contributed by atoms with E-state index in [1.165, 1.54) is 0 Å². The molecule has 0 unspecified atom stereocenters. The lowest BCUT2D eigenvalue weighted by molar-refractivity contribution is 0.503. The molecule has 1 aromatic rings. The molecule has 0 amide bonds. The van der Waals surface area contributed by atoms with Crippen LogP contribution < -0.4 is 10.5 Å². The van der Waals surface area contributed by atoms with E-state index < -0.39 is 15.6 Å². The van der Waals surface area contributed by atoms with Crippen LogP contribution in [0.1, 0.15) is 25.7 Å². The van der Waals surface area contributed by atoms with Crippen molar-refractivity contribution in [3.05, 3.63) is 30.3 Å². The lowest BCUT2D eigenvalue weighted by Gasteiger charge is -2.28. The first-order valence-corrected chi connectivity index (χ1v) is 7.74. The molecule has 6 heteroatoms. The summed E-state index contributed by atoms with van der Waals surface area (Å²) in [5.74, 6) is 0. The van der Waals surface area contributed by atoms with Gasteiger partial charge in [0.05, 0.1) is 15.4 Å². The van der Waals surface area contributed by atoms with Crippen molar-refractivity contribution >= 4 is 27.2 Å². The van der Waals surface area contributed by atoms with Gasteiger partial charge >= 0.3 is 0 Å². The lowest BCUT2D eigenvalue weighted by Crippen LogP contribution is -2.54. The maximum absolute atomic E-state index is 12.3. The minimum atomic E-state index is -3.56. The molecule has 0 aliphatic heterocycles. The van der Waals surface area contributed by atoms with Gasteiger partial charge in [0.15, 0.2) is 0 Å². The van der Waals surface area contributed by atoms with E-state index in [9.17, 15) is 8.42 Å². The third-order valence-corrected chi connectivity index (χ3v) is 5.25. The zero-order valence-corrected chi connectivity index (χ0v) is 11.6. The Labute approximate surface area is 113 Å². The number of hydrogen-bond acceptors (Lipinski definition) is 3. The Balaban J connectivity index is 2.30. The molecular weight excluding hydrogens is 268 g/mol. The highest BCUT2D eigenvalue weighted by Gasteiger charge is 2.40. The van der Waals surface area contributed by atoms with Crippen molar-refractivity contribution < 1.29 is 8.42 Å². The molecule has 98 valence electrons. The van der Waals surface area contributed by atoms with Crippen molar-refractivity contribution in [2.75, 3.05) is 0 Å². The summed E-state index contributed by atoms with van der Waals surface area (Å²) in [6, 6.07) is 8.28. The Morgan fingerprint density at radius 3 is 2.28 bits per heavy atom. The Kier molecular flexibility index (Phi) is 3.70. The first kappa shape index (κ1) is 13.5. The fourth-order valence-corrected chi connectivity index (χ4v) is 4.07. The Morgan fingerprint density at radius 2 is 1.78 bits per heavy atom. The summed E-state index contributed by atoms with van der Waals surface area (Å²) < 4.78 is 27.2. The van der Waals surface area contributed by atoms with Crippen LogP contribution in [0.5, 0.6) is 0 Å². The second-order valence-corrected chi connectivity index (χ2v) is 6.69. The Morgan fingerprint density at radius 1 is 1.22 bits per heavy atom. The summed E-state index contributed by atoms with van der Waals surface area (Å²) in [6.45, 7) is 0. The summed E-state index contributed by atoms with van der Waals surface area (Å²) >= 11 is 5.04. The van der Waals surface area contributed by atoms with Crippen LogP contribution in [-0.4, -0.2) is 18.9 Å². The van der Waals surface area contributed by atoms with Gasteiger partial charge in [-0.2, -0.15) is 4.72 Å². The maximum Gasteiger partial charge on any atom is 0.241 e. The molecule has 1 aliphatic carbocycles. The number of nitrogens with two attached hydrogens (primary N) is 1. The zero-order valence-electron chi connectivity index (χ0n) is 9.93. The molecular formula is C12H16N2O2S2. The standard InChI is InChI=1S/C12H16N2O2S2/c13-11(17)12(8-4-5-9-12)14-18(15,16)10-6-2-1-3-7-10/h1-3,6-7,14H,4-5,8-9H2,(H2,13,17). The molecule has 0 spiro atoms. The first-order valence-electron chi connectivity index (χ1n) is 5.85. The highest BCUT2D eigenvalue weighted by atomic mass is 32.2. The monoisotopic (exact) mass is 284 g/mol. The van der Waals surface area contributed by atoms with Crippen LogP contribution in [0.25, 0.3) is 0 Å². The van der Waals surface area contributed by atoms with Gasteiger partial charge in [0.2, 0.25) is 10.0 Å². The Hall–Kier alpha value is -0.980. The van der Waals surface area contributed by atoms with Crippen molar-refractivity contribution in [3.8, 4) is 0 Å². The molecule has 18 heavy (non-hydrogen) atoms. The highest BCUT2D eigenvalue weighted by molar-refractivity contribution is 7.89. The van der Waals surface area contributed by atoms with Gasteiger partial charge in [0, 0.05) is 0 Å². The van der Waals surface area contributed by atoms with E-state index in [-0.39, 0.29) is 9.88 Å². The fraction of sp³-hybridized carbons (Fsp3) is 0.417. The third kappa shape index (κ3) is 2.55. The summed E-state index contributed by atoms with van der Waals surface area (Å²) in [6.07, 6.45) is 3.23. The number of benzene rings is 1. The molecule has 0 radical (unpaired) electrons. The van der Waals surface area contributed by atoms with Crippen LogP contribution in [0, 0.1) is 0 Å². The van der Waals surface area contributed by atoms with E-state index in [0.717, 1.165) is 12.8 Å². The van der Waals surface area contributed by atoms with Crippen molar-refractivity contribution in [2.24, 2.45) is 5.73 Å². The molecule has 0 aromatic heterocycles. The van der Waals surface area contributed by atoms with Crippen LogP contribution in [0.2, 0.25) is 0 Å². The largest absolute Gasteiger partial charge is 0.392 e. The van der Waals surface area contributed by atoms with E-state index in [0.29, 0.717) is 12.8 Å². The van der Waals surface area contributed by atoms with Gasteiger partial charge in [-0.1, -0.05) is 43.3 Å². The highest BCUT2D eigenvalue weighted by Crippen LogP contribution is 2.31. The summed E-state index contributed by atoms with van der Waals surface area (Å²) in [5, 5.41) is 0. The first-order chi connectivity index (χ1) is 8.46. The quantitative estimate of drug-likeness (QED) is 0.823. The van der Waals surface area contributed by atoms with Crippen LogP contribution in [0.3, 0.4) is 0 Å². The van der Waals surface area contributed by atoms with Crippen LogP contribution in [0.4, 0.5) is 0 Å². The van der Waals surface area contributed by atoms with Crippen LogP contribution in [-0.2, 0) is 10.0 Å². The molecule has 0 bridgehead atoms. The van der Waals surface area contributed by atoms with Gasteiger partial charge in [0.1, 0.15) is 0 Å². The fourth-order valence-electron chi connectivity index (χ4n) is 2.29. The maximum atomic E-state index is 12.3. The molecule has 3 N–H and O–H groups in total. The lowest BCUT2D eigenvalue weighted by atomic mass is 10.00. The topological polar surface area (TPSA) is 72.2 Å². The number of thiocarbonyl (C=S) groups is 1. The molecule has 1 aliphatic rings. The van der Waals surface area contributed by atoms with Gasteiger partial charge in [0.25, 0.3) is 0 Å². The molecule has 4 nitrogen and oxygen atoms in total. The molecule has 0 atom stereocenters. The van der Waals surface area contributed by atoms with Gasteiger partial charge in [-0.05, 0) is 25.0 Å². The second-order valence-electron chi connectivity index (χ2n) is 4.57. The van der Waals surface area contributed by atoms with Gasteiger partial charge in [-0.15, -0.1) is 0 Å². The summed E-state index contributed by atoms with van der Waals surface area (Å²) in [4.78, 5) is 0.479. The SMILES string of the molecule is NC(=S)C1(NS(=O)(=O)c2ccccc2)CCCC1. The number of rotatable bonds is 4. The molecule has 0 heterocycles. The average Bonchev–Trinajstić information content (AvgIpc) is 2.79. The minimum absolute atomic E-state index is 0.236. The molecule has 0 saturated heterocycles. The van der Waals surface area contributed by atoms with Crippen molar-refractivity contribution in [3.63, 3.8) is 0 Å². The molecule has 1 fully saturated rings. The van der Waals surface area contributed by atoms with E-state index in [2.05, 4.69) is 4.72 Å². The van der Waals surface area contributed by atoms with E-state index in [4.69, 9.17) is 18.0 Å². The average molecular weight is 284 g/mol. The van der Waals surface area contributed by atoms with Crippen molar-refractivity contribution in [1.82, 2.24) is 4.72 Å². The third-order valence-electron chi connectivity index (χ3n) is 3.31. The molecule has 2 rings (SSSR count). The predicted octanol–water partition coefficient (Wildman–Crippen LogP) is 1.56. The second kappa shape index (κ2) is 4.95. The Bertz CT molecular complexity index is 534.